The molecule has 148 valence electrons. The van der Waals surface area contributed by atoms with Gasteiger partial charge in [0.15, 0.2) is 0 Å². The van der Waals surface area contributed by atoms with E-state index in [9.17, 15) is 9.59 Å². The van der Waals surface area contributed by atoms with Crippen LogP contribution in [0, 0.1) is 0 Å². The number of nitrogens with two attached hydrogens (primary N) is 1. The van der Waals surface area contributed by atoms with Crippen molar-refractivity contribution in [1.29, 1.82) is 0 Å². The Hall–Kier alpha value is -3.42. The van der Waals surface area contributed by atoms with Crippen molar-refractivity contribution in [2.75, 3.05) is 12.3 Å². The van der Waals surface area contributed by atoms with Gasteiger partial charge in [-0.15, -0.1) is 0 Å². The van der Waals surface area contributed by atoms with Crippen LogP contribution in [0.1, 0.15) is 47.8 Å². The van der Waals surface area contributed by atoms with E-state index >= 15 is 0 Å². The summed E-state index contributed by atoms with van der Waals surface area (Å²) in [5.41, 5.74) is 8.58. The maximum Gasteiger partial charge on any atom is 0.335 e. The van der Waals surface area contributed by atoms with Gasteiger partial charge in [0.1, 0.15) is 22.9 Å². The number of benzene rings is 1. The highest BCUT2D eigenvalue weighted by atomic mass is 16.4. The zero-order chi connectivity index (χ0) is 20.1. The van der Waals surface area contributed by atoms with Crippen molar-refractivity contribution in [2.45, 2.75) is 37.6 Å². The monoisotopic (exact) mass is 391 g/mol. The number of anilines is 1. The lowest BCUT2D eigenvalue weighted by Gasteiger charge is -2.34. The number of rotatable bonds is 3. The van der Waals surface area contributed by atoms with Gasteiger partial charge in [0.05, 0.1) is 5.56 Å². The molecule has 0 radical (unpaired) electrons. The number of hydrogen-bond donors (Lipinski definition) is 2. The molecule has 5 rings (SSSR count). The second-order valence-electron chi connectivity index (χ2n) is 7.75. The number of carboxylic acids is 1. The molecule has 2 saturated heterocycles. The van der Waals surface area contributed by atoms with Gasteiger partial charge in [0, 0.05) is 42.9 Å². The normalized spacial score (nSPS) is 21.5. The molecular weight excluding hydrogens is 370 g/mol. The Morgan fingerprint density at radius 2 is 1.97 bits per heavy atom. The fraction of sp³-hybridized carbons (Fsp3) is 0.333. The minimum absolute atomic E-state index is 0.120. The molecule has 2 aliphatic rings. The van der Waals surface area contributed by atoms with E-state index in [-0.39, 0.29) is 17.4 Å². The minimum Gasteiger partial charge on any atom is -0.478 e. The van der Waals surface area contributed by atoms with Crippen molar-refractivity contribution in [2.24, 2.45) is 0 Å². The summed E-state index contributed by atoms with van der Waals surface area (Å²) in [5.74, 6) is 0.611. The van der Waals surface area contributed by atoms with Gasteiger partial charge < -0.3 is 15.7 Å². The highest BCUT2D eigenvalue weighted by Gasteiger charge is 2.38. The number of aromatic nitrogens is 3. The first-order chi connectivity index (χ1) is 14.0. The lowest BCUT2D eigenvalue weighted by Crippen LogP contribution is -2.41. The Labute approximate surface area is 167 Å². The number of amides is 1. The number of piperidine rings is 1. The molecule has 2 aliphatic heterocycles. The molecule has 3 N–H and O–H groups in total. The molecule has 0 spiro atoms. The molecule has 4 heterocycles. The summed E-state index contributed by atoms with van der Waals surface area (Å²) >= 11 is 0. The molecule has 29 heavy (non-hydrogen) atoms. The average molecular weight is 391 g/mol. The van der Waals surface area contributed by atoms with E-state index in [0.29, 0.717) is 36.0 Å². The summed E-state index contributed by atoms with van der Waals surface area (Å²) in [6.45, 7) is 0.669. The van der Waals surface area contributed by atoms with Crippen LogP contribution in [0.2, 0.25) is 0 Å². The van der Waals surface area contributed by atoms with E-state index in [4.69, 9.17) is 15.8 Å². The lowest BCUT2D eigenvalue weighted by molar-refractivity contribution is -0.130. The van der Waals surface area contributed by atoms with E-state index in [1.54, 1.807) is 30.5 Å². The second-order valence-corrected chi connectivity index (χ2v) is 7.75. The van der Waals surface area contributed by atoms with Gasteiger partial charge in [0.25, 0.3) is 0 Å². The van der Waals surface area contributed by atoms with Crippen molar-refractivity contribution >= 4 is 23.2 Å². The predicted octanol–water partition coefficient (Wildman–Crippen LogP) is 2.55. The van der Waals surface area contributed by atoms with Gasteiger partial charge in [-0.25, -0.2) is 14.8 Å². The summed E-state index contributed by atoms with van der Waals surface area (Å²) in [4.78, 5) is 34.5. The standard InChI is InChI=1S/C21H21N5O3/c22-19-18-17(12-1-3-13(4-2-12)21(28)29)24-20(25(18)10-9-23-19)14-5-6-15-7-8-16(27)26(15)11-14/h1-4,9-10,14-15H,5-8,11H2,(H2,22,23)(H,28,29)/t14-,15+/m1/s1. The Bertz CT molecular complexity index is 1120. The fourth-order valence-electron chi connectivity index (χ4n) is 4.62. The third kappa shape index (κ3) is 2.83. The molecule has 2 fully saturated rings. The predicted molar refractivity (Wildman–Crippen MR) is 107 cm³/mol. The van der Waals surface area contributed by atoms with Crippen LogP contribution < -0.4 is 5.73 Å². The topological polar surface area (TPSA) is 114 Å². The quantitative estimate of drug-likeness (QED) is 0.709. The van der Waals surface area contributed by atoms with Crippen LogP contribution in [0.5, 0.6) is 0 Å². The largest absolute Gasteiger partial charge is 0.478 e. The highest BCUT2D eigenvalue weighted by Crippen LogP contribution is 2.37. The first kappa shape index (κ1) is 17.7. The van der Waals surface area contributed by atoms with Crippen molar-refractivity contribution < 1.29 is 14.7 Å². The molecule has 1 amide bonds. The van der Waals surface area contributed by atoms with Gasteiger partial charge in [-0.05, 0) is 31.4 Å². The molecule has 2 aromatic heterocycles. The van der Waals surface area contributed by atoms with Crippen LogP contribution in [-0.2, 0) is 4.79 Å². The Morgan fingerprint density at radius 1 is 1.17 bits per heavy atom. The smallest absolute Gasteiger partial charge is 0.335 e. The Kier molecular flexibility index (Phi) is 4.01. The molecule has 1 aromatic carbocycles. The van der Waals surface area contributed by atoms with Gasteiger partial charge in [0.2, 0.25) is 5.91 Å². The van der Waals surface area contributed by atoms with E-state index in [0.717, 1.165) is 30.7 Å². The van der Waals surface area contributed by atoms with E-state index in [2.05, 4.69) is 4.98 Å². The molecule has 0 saturated carbocycles. The van der Waals surface area contributed by atoms with Crippen LogP contribution in [0.3, 0.4) is 0 Å². The fourth-order valence-corrected chi connectivity index (χ4v) is 4.62. The van der Waals surface area contributed by atoms with Gasteiger partial charge in [-0.1, -0.05) is 12.1 Å². The second kappa shape index (κ2) is 6.58. The highest BCUT2D eigenvalue weighted by molar-refractivity contribution is 5.90. The van der Waals surface area contributed by atoms with Crippen molar-refractivity contribution in [3.05, 3.63) is 48.0 Å². The van der Waals surface area contributed by atoms with Crippen molar-refractivity contribution in [1.82, 2.24) is 19.3 Å². The SMILES string of the molecule is Nc1nccn2c([C@@H]3CC[C@H]4CCC(=O)N4C3)nc(-c3ccc(C(=O)O)cc3)c12. The Balaban J connectivity index is 1.59. The van der Waals surface area contributed by atoms with Crippen molar-refractivity contribution in [3.8, 4) is 11.3 Å². The number of nitrogens with zero attached hydrogens (tertiary/aromatic N) is 4. The molecule has 0 unspecified atom stereocenters. The average Bonchev–Trinajstić information content (AvgIpc) is 3.30. The molecule has 8 nitrogen and oxygen atoms in total. The minimum atomic E-state index is -0.972. The zero-order valence-corrected chi connectivity index (χ0v) is 15.8. The number of hydrogen-bond acceptors (Lipinski definition) is 5. The van der Waals surface area contributed by atoms with E-state index < -0.39 is 5.97 Å². The van der Waals surface area contributed by atoms with Crippen molar-refractivity contribution in [3.63, 3.8) is 0 Å². The van der Waals surface area contributed by atoms with Gasteiger partial charge >= 0.3 is 5.97 Å². The molecular formula is C21H21N5O3. The van der Waals surface area contributed by atoms with Crippen LogP contribution in [0.25, 0.3) is 16.8 Å². The van der Waals surface area contributed by atoms with Crippen LogP contribution in [0.4, 0.5) is 5.82 Å². The number of nitrogen functional groups attached to an aromatic ring is 1. The Morgan fingerprint density at radius 3 is 2.72 bits per heavy atom. The number of fused-ring (bicyclic) bond motifs is 2. The number of carbonyl (C=O) groups is 2. The maximum atomic E-state index is 12.2. The number of carboxylic acid groups (broad SMARTS) is 1. The molecule has 0 aliphatic carbocycles. The first-order valence-corrected chi connectivity index (χ1v) is 9.78. The van der Waals surface area contributed by atoms with E-state index in [1.807, 2.05) is 15.5 Å². The third-order valence-corrected chi connectivity index (χ3v) is 6.10. The summed E-state index contributed by atoms with van der Waals surface area (Å²) in [6.07, 6.45) is 7.03. The summed E-state index contributed by atoms with van der Waals surface area (Å²) in [5, 5.41) is 9.15. The number of imidazole rings is 1. The summed E-state index contributed by atoms with van der Waals surface area (Å²) < 4.78 is 1.97. The molecule has 0 bridgehead atoms. The maximum absolute atomic E-state index is 12.2. The van der Waals surface area contributed by atoms with Crippen LogP contribution in [-0.4, -0.2) is 48.8 Å². The first-order valence-electron chi connectivity index (χ1n) is 9.78. The summed E-state index contributed by atoms with van der Waals surface area (Å²) in [6, 6.07) is 6.96. The lowest BCUT2D eigenvalue weighted by atomic mass is 9.92. The van der Waals surface area contributed by atoms with Crippen LogP contribution >= 0.6 is 0 Å². The third-order valence-electron chi connectivity index (χ3n) is 6.10. The number of carbonyl (C=O) groups excluding carboxylic acids is 1. The van der Waals surface area contributed by atoms with Gasteiger partial charge in [-0.3, -0.25) is 9.20 Å². The molecule has 8 heteroatoms. The summed E-state index contributed by atoms with van der Waals surface area (Å²) in [7, 11) is 0. The zero-order valence-electron chi connectivity index (χ0n) is 15.8. The molecule has 3 aromatic rings. The number of aromatic carboxylic acids is 1. The van der Waals surface area contributed by atoms with Gasteiger partial charge in [-0.2, -0.15) is 0 Å². The van der Waals surface area contributed by atoms with Crippen LogP contribution in [0.15, 0.2) is 36.7 Å². The molecule has 2 atom stereocenters. The van der Waals surface area contributed by atoms with E-state index in [1.165, 1.54) is 0 Å².